The van der Waals surface area contributed by atoms with Crippen LogP contribution in [-0.2, 0) is 0 Å². The van der Waals surface area contributed by atoms with E-state index < -0.39 is 0 Å². The predicted molar refractivity (Wildman–Crippen MR) is 139 cm³/mol. The first-order chi connectivity index (χ1) is 15.0. The van der Waals surface area contributed by atoms with Gasteiger partial charge in [-0.3, -0.25) is 0 Å². The topological polar surface area (TPSA) is 66.7 Å². The molecule has 0 saturated heterocycles. The van der Waals surface area contributed by atoms with E-state index in [0.717, 1.165) is 28.9 Å². The van der Waals surface area contributed by atoms with Gasteiger partial charge in [0, 0.05) is 26.8 Å². The van der Waals surface area contributed by atoms with E-state index in [1.165, 1.54) is 22.3 Å². The molecule has 4 nitrogen and oxygen atoms in total. The van der Waals surface area contributed by atoms with Crippen molar-refractivity contribution in [1.29, 1.82) is 0 Å². The minimum Gasteiger partial charge on any atom is -0.351 e. The van der Waals surface area contributed by atoms with E-state index in [0.29, 0.717) is 5.95 Å². The number of anilines is 1. The molecule has 156 valence electrons. The Bertz CT molecular complexity index is 1270. The van der Waals surface area contributed by atoms with Gasteiger partial charge in [-0.15, -0.1) is 0 Å². The van der Waals surface area contributed by atoms with E-state index in [1.807, 2.05) is 0 Å². The smallest absolute Gasteiger partial charge is 0.201 e. The summed E-state index contributed by atoms with van der Waals surface area (Å²) >= 11 is 14.6. The summed E-state index contributed by atoms with van der Waals surface area (Å²) in [6.45, 7) is 0. The minimum absolute atomic E-state index is 0.0276. The highest BCUT2D eigenvalue weighted by molar-refractivity contribution is 9.15. The summed E-state index contributed by atoms with van der Waals surface area (Å²) in [6, 6.07) is 17.4. The van der Waals surface area contributed by atoms with Gasteiger partial charge in [0.05, 0.1) is 20.5 Å². The number of hydrogen-bond donors (Lipinski definition) is 3. The number of halogens is 4. The molecule has 3 aliphatic carbocycles. The lowest BCUT2D eigenvalue weighted by molar-refractivity contribution is 0.404. The molecule has 31 heavy (non-hydrogen) atoms. The highest BCUT2D eigenvalue weighted by atomic mass is 79.9. The van der Waals surface area contributed by atoms with Crippen LogP contribution in [0.5, 0.6) is 0 Å². The van der Waals surface area contributed by atoms with Crippen LogP contribution in [0.1, 0.15) is 34.1 Å². The molecule has 0 radical (unpaired) electrons. The summed E-state index contributed by atoms with van der Waals surface area (Å²) in [5.41, 5.74) is 14.1. The Kier molecular flexibility index (Phi) is 4.89. The summed E-state index contributed by atoms with van der Waals surface area (Å²) in [4.78, 5) is 8.29. The molecule has 2 unspecified atom stereocenters. The number of rotatable bonds is 2. The van der Waals surface area contributed by atoms with Crippen LogP contribution in [0.25, 0.3) is 11.0 Å². The second-order valence-electron chi connectivity index (χ2n) is 8.03. The second kappa shape index (κ2) is 7.42. The molecular weight excluding hydrogens is 652 g/mol. The van der Waals surface area contributed by atoms with Gasteiger partial charge in [0.1, 0.15) is 5.52 Å². The van der Waals surface area contributed by atoms with E-state index >= 15 is 0 Å². The number of aromatic amines is 1. The van der Waals surface area contributed by atoms with Crippen molar-refractivity contribution in [3.63, 3.8) is 0 Å². The number of aromatic nitrogens is 2. The van der Waals surface area contributed by atoms with Gasteiger partial charge in [-0.25, -0.2) is 4.98 Å². The van der Waals surface area contributed by atoms with Crippen LogP contribution < -0.4 is 11.1 Å². The normalized spacial score (nSPS) is 23.6. The molecule has 8 heteroatoms. The highest BCUT2D eigenvalue weighted by Gasteiger charge is 2.48. The number of fused-ring (bicyclic) bond motifs is 2. The molecule has 3 aromatic carbocycles. The largest absolute Gasteiger partial charge is 0.351 e. The summed E-state index contributed by atoms with van der Waals surface area (Å²) in [5, 5.41) is 3.66. The number of H-pyrrole nitrogens is 1. The number of nitrogens with one attached hydrogen (secondary N) is 2. The Morgan fingerprint density at radius 3 is 1.84 bits per heavy atom. The lowest BCUT2D eigenvalue weighted by Gasteiger charge is -2.49. The van der Waals surface area contributed by atoms with Crippen molar-refractivity contribution in [2.24, 2.45) is 5.73 Å². The van der Waals surface area contributed by atoms with E-state index in [9.17, 15) is 0 Å². The van der Waals surface area contributed by atoms with Gasteiger partial charge in [0.15, 0.2) is 0 Å². The highest BCUT2D eigenvalue weighted by Crippen LogP contribution is 2.53. The summed E-state index contributed by atoms with van der Waals surface area (Å²) in [7, 11) is 0. The van der Waals surface area contributed by atoms with E-state index in [1.54, 1.807) is 0 Å². The van der Waals surface area contributed by atoms with Crippen molar-refractivity contribution >= 4 is 80.7 Å². The molecule has 0 amide bonds. The quantitative estimate of drug-likeness (QED) is 0.159. The van der Waals surface area contributed by atoms with Crippen molar-refractivity contribution < 1.29 is 0 Å². The van der Waals surface area contributed by atoms with Crippen LogP contribution in [0.15, 0.2) is 66.4 Å². The Morgan fingerprint density at radius 1 is 0.742 bits per heavy atom. The fraction of sp³-hybridized carbons (Fsp3) is 0.174. The van der Waals surface area contributed by atoms with E-state index in [-0.39, 0.29) is 23.9 Å². The zero-order chi connectivity index (χ0) is 21.4. The zero-order valence-electron chi connectivity index (χ0n) is 16.0. The minimum atomic E-state index is -0.0617. The van der Waals surface area contributed by atoms with Crippen molar-refractivity contribution in [3.8, 4) is 0 Å². The van der Waals surface area contributed by atoms with Crippen LogP contribution in [0, 0.1) is 0 Å². The van der Waals surface area contributed by atoms with E-state index in [2.05, 4.69) is 123 Å². The fourth-order valence-electron chi connectivity index (χ4n) is 5.22. The number of nitrogens with zero attached hydrogens (tertiary/aromatic N) is 1. The third-order valence-electron chi connectivity index (χ3n) is 6.50. The first-order valence-electron chi connectivity index (χ1n) is 9.88. The number of benzene rings is 3. The van der Waals surface area contributed by atoms with Crippen LogP contribution >= 0.6 is 63.7 Å². The average Bonchev–Trinajstić information content (AvgIpc) is 3.22. The molecule has 7 rings (SSSR count). The molecular formula is C23H16Br4N4. The SMILES string of the molecule is NC1C2c3ccccc3C(c3ccccc32)C1Nc1nc2c(Br)c(Br)c(Br)c(Br)c2[nH]1. The summed E-state index contributed by atoms with van der Waals surface area (Å²) in [6.07, 6.45) is 0. The Morgan fingerprint density at radius 2 is 1.26 bits per heavy atom. The molecule has 4 aromatic rings. The Hall–Kier alpha value is -1.19. The van der Waals surface area contributed by atoms with Crippen LogP contribution in [-0.4, -0.2) is 22.1 Å². The predicted octanol–water partition coefficient (Wildman–Crippen LogP) is 7.01. The molecule has 0 spiro atoms. The van der Waals surface area contributed by atoms with Gasteiger partial charge < -0.3 is 16.0 Å². The molecule has 0 aliphatic heterocycles. The molecule has 1 aromatic heterocycles. The van der Waals surface area contributed by atoms with Gasteiger partial charge >= 0.3 is 0 Å². The third-order valence-corrected chi connectivity index (χ3v) is 11.3. The van der Waals surface area contributed by atoms with Crippen molar-refractivity contribution in [3.05, 3.63) is 88.7 Å². The fourth-order valence-corrected chi connectivity index (χ4v) is 7.51. The van der Waals surface area contributed by atoms with Gasteiger partial charge in [0.2, 0.25) is 5.95 Å². The van der Waals surface area contributed by atoms with Crippen molar-refractivity contribution in [1.82, 2.24) is 9.97 Å². The molecule has 0 fully saturated rings. The van der Waals surface area contributed by atoms with Crippen LogP contribution in [0.2, 0.25) is 0 Å². The molecule has 0 saturated carbocycles. The first kappa shape index (κ1) is 20.4. The molecule has 4 N–H and O–H groups in total. The number of hydrogen-bond acceptors (Lipinski definition) is 3. The maximum Gasteiger partial charge on any atom is 0.201 e. The van der Waals surface area contributed by atoms with Gasteiger partial charge in [-0.05, 0) is 86.0 Å². The lowest BCUT2D eigenvalue weighted by atomic mass is 9.59. The van der Waals surface area contributed by atoms with Gasteiger partial charge in [-0.1, -0.05) is 48.5 Å². The standard InChI is InChI=1S/C23H16Br4N4/c24-15-16(25)18(27)22-21(17(15)26)30-23(31-22)29-20-14-11-7-3-1-5-9(11)13(19(20)28)10-6-2-4-8-12(10)14/h1-8,13-14,19-20H,28H2,(H2,29,30,31). The Labute approximate surface area is 212 Å². The Balaban J connectivity index is 1.48. The van der Waals surface area contributed by atoms with Gasteiger partial charge in [0.25, 0.3) is 0 Å². The number of nitrogens with two attached hydrogens (primary N) is 1. The maximum atomic E-state index is 6.91. The summed E-state index contributed by atoms with van der Waals surface area (Å²) < 4.78 is 3.66. The van der Waals surface area contributed by atoms with Crippen molar-refractivity contribution in [2.45, 2.75) is 23.9 Å². The lowest BCUT2D eigenvalue weighted by Crippen LogP contribution is -2.55. The molecule has 2 atom stereocenters. The van der Waals surface area contributed by atoms with Crippen LogP contribution in [0.3, 0.4) is 0 Å². The van der Waals surface area contributed by atoms with Gasteiger partial charge in [-0.2, -0.15) is 0 Å². The number of imidazole rings is 1. The maximum absolute atomic E-state index is 6.91. The van der Waals surface area contributed by atoms with E-state index in [4.69, 9.17) is 10.7 Å². The average molecular weight is 668 g/mol. The third kappa shape index (κ3) is 2.88. The molecule has 2 bridgehead atoms. The van der Waals surface area contributed by atoms with Crippen LogP contribution in [0.4, 0.5) is 5.95 Å². The molecule has 1 heterocycles. The first-order valence-corrected chi connectivity index (χ1v) is 13.1. The zero-order valence-corrected chi connectivity index (χ0v) is 22.3. The second-order valence-corrected chi connectivity index (χ2v) is 11.2. The monoisotopic (exact) mass is 664 g/mol. The molecule has 3 aliphatic rings. The summed E-state index contributed by atoms with van der Waals surface area (Å²) in [5.74, 6) is 1.05. The van der Waals surface area contributed by atoms with Crippen molar-refractivity contribution in [2.75, 3.05) is 5.32 Å².